The van der Waals surface area contributed by atoms with Gasteiger partial charge in [0.15, 0.2) is 0 Å². The second-order valence-electron chi connectivity index (χ2n) is 4.62. The van der Waals surface area contributed by atoms with E-state index in [-0.39, 0.29) is 16.3 Å². The first-order chi connectivity index (χ1) is 9.79. The Morgan fingerprint density at radius 3 is 2.76 bits per heavy atom. The van der Waals surface area contributed by atoms with Gasteiger partial charge in [0.25, 0.3) is 0 Å². The molecular formula is C13H7ClF3O4-. The monoisotopic (exact) mass is 319 g/mol. The van der Waals surface area contributed by atoms with Crippen molar-refractivity contribution in [1.29, 1.82) is 0 Å². The smallest absolute Gasteiger partial charge is 0.429 e. The third kappa shape index (κ3) is 2.21. The molecule has 8 heteroatoms. The second kappa shape index (κ2) is 4.56. The largest absolute Gasteiger partial charge is 0.545 e. The van der Waals surface area contributed by atoms with Gasteiger partial charge in [0.05, 0.1) is 17.6 Å². The molecule has 1 aromatic rings. The number of halogens is 4. The molecule has 1 atom stereocenters. The number of hydrogen-bond donors (Lipinski definition) is 0. The maximum atomic E-state index is 12.9. The SMILES string of the molecule is O=C([O-])C1=Cc2c(cc3c(c2Cl)OCC3)OC1C(F)(F)F. The van der Waals surface area contributed by atoms with Gasteiger partial charge in [-0.2, -0.15) is 13.2 Å². The van der Waals surface area contributed by atoms with Crippen LogP contribution in [0.25, 0.3) is 6.08 Å². The van der Waals surface area contributed by atoms with Gasteiger partial charge >= 0.3 is 6.18 Å². The molecule has 0 radical (unpaired) electrons. The first-order valence-electron chi connectivity index (χ1n) is 5.93. The quantitative estimate of drug-likeness (QED) is 0.791. The van der Waals surface area contributed by atoms with Crippen molar-refractivity contribution in [3.63, 3.8) is 0 Å². The van der Waals surface area contributed by atoms with Crippen LogP contribution in [0.3, 0.4) is 0 Å². The standard InChI is InChI=1S/C13H8ClF3O4/c14-9-6-4-7(12(18)19)11(13(15,16)17)21-8(6)3-5-1-2-20-10(5)9/h3-4,11H,1-2H2,(H,18,19)/p-1. The first kappa shape index (κ1) is 14.1. The van der Waals surface area contributed by atoms with E-state index in [2.05, 4.69) is 0 Å². The summed E-state index contributed by atoms with van der Waals surface area (Å²) in [5.41, 5.74) is -0.336. The molecule has 3 rings (SSSR count). The molecule has 0 spiro atoms. The third-order valence-corrected chi connectivity index (χ3v) is 3.65. The lowest BCUT2D eigenvalue weighted by atomic mass is 9.99. The fourth-order valence-corrected chi connectivity index (χ4v) is 2.66. The highest BCUT2D eigenvalue weighted by atomic mass is 35.5. The van der Waals surface area contributed by atoms with Crippen LogP contribution < -0.4 is 14.6 Å². The van der Waals surface area contributed by atoms with Crippen LogP contribution in [0.4, 0.5) is 13.2 Å². The average Bonchev–Trinajstić information content (AvgIpc) is 2.85. The van der Waals surface area contributed by atoms with Crippen LogP contribution in [-0.4, -0.2) is 24.9 Å². The van der Waals surface area contributed by atoms with Crippen LogP contribution in [0, 0.1) is 0 Å². The van der Waals surface area contributed by atoms with Gasteiger partial charge in [0.2, 0.25) is 6.10 Å². The lowest BCUT2D eigenvalue weighted by molar-refractivity contribution is -0.302. The molecule has 112 valence electrons. The summed E-state index contributed by atoms with van der Waals surface area (Å²) in [6, 6.07) is 1.39. The lowest BCUT2D eigenvalue weighted by Crippen LogP contribution is -2.44. The predicted octanol–water partition coefficient (Wildman–Crippen LogP) is 1.73. The van der Waals surface area contributed by atoms with Crippen LogP contribution in [0.15, 0.2) is 11.6 Å². The van der Waals surface area contributed by atoms with Gasteiger partial charge in [0.1, 0.15) is 11.5 Å². The number of carboxylic acid groups (broad SMARTS) is 1. The van der Waals surface area contributed by atoms with Crippen LogP contribution in [0.5, 0.6) is 11.5 Å². The van der Waals surface area contributed by atoms with Gasteiger partial charge in [-0.05, 0) is 12.1 Å². The van der Waals surface area contributed by atoms with Gasteiger partial charge in [-0.25, -0.2) is 0 Å². The Hall–Kier alpha value is -1.89. The molecule has 1 unspecified atom stereocenters. The summed E-state index contributed by atoms with van der Waals surface area (Å²) < 4.78 is 48.8. The van der Waals surface area contributed by atoms with E-state index in [9.17, 15) is 23.1 Å². The highest BCUT2D eigenvalue weighted by molar-refractivity contribution is 6.34. The Bertz CT molecular complexity index is 666. The Kier molecular flexibility index (Phi) is 3.05. The summed E-state index contributed by atoms with van der Waals surface area (Å²) in [5, 5.41) is 11.0. The van der Waals surface area contributed by atoms with E-state index in [1.807, 2.05) is 0 Å². The average molecular weight is 320 g/mol. The molecule has 0 amide bonds. The Morgan fingerprint density at radius 1 is 1.43 bits per heavy atom. The molecule has 2 aliphatic heterocycles. The van der Waals surface area contributed by atoms with Crippen molar-refractivity contribution < 1.29 is 32.5 Å². The maximum absolute atomic E-state index is 12.9. The highest BCUT2D eigenvalue weighted by Crippen LogP contribution is 2.46. The number of aliphatic carboxylic acids is 1. The predicted molar refractivity (Wildman–Crippen MR) is 64.1 cm³/mol. The van der Waals surface area contributed by atoms with Crippen molar-refractivity contribution in [2.45, 2.75) is 18.7 Å². The molecular weight excluding hydrogens is 313 g/mol. The Balaban J connectivity index is 2.18. The lowest BCUT2D eigenvalue weighted by Gasteiger charge is -2.30. The number of carbonyl (C=O) groups is 1. The topological polar surface area (TPSA) is 58.6 Å². The molecule has 0 aromatic heterocycles. The van der Waals surface area contributed by atoms with E-state index in [1.54, 1.807) is 0 Å². The molecule has 0 saturated carbocycles. The van der Waals surface area contributed by atoms with Gasteiger partial charge in [-0.3, -0.25) is 0 Å². The van der Waals surface area contributed by atoms with Gasteiger partial charge < -0.3 is 19.4 Å². The molecule has 21 heavy (non-hydrogen) atoms. The number of rotatable bonds is 1. The van der Waals surface area contributed by atoms with E-state index in [1.165, 1.54) is 6.07 Å². The Labute approximate surface area is 121 Å². The number of carboxylic acids is 1. The number of benzene rings is 1. The van der Waals surface area contributed by atoms with E-state index in [0.29, 0.717) is 24.3 Å². The number of ether oxygens (including phenoxy) is 2. The summed E-state index contributed by atoms with van der Waals surface area (Å²) >= 11 is 6.06. The van der Waals surface area contributed by atoms with E-state index >= 15 is 0 Å². The number of alkyl halides is 3. The molecule has 0 N–H and O–H groups in total. The van der Waals surface area contributed by atoms with Crippen molar-refractivity contribution >= 4 is 23.6 Å². The Morgan fingerprint density at radius 2 is 2.14 bits per heavy atom. The summed E-state index contributed by atoms with van der Waals surface area (Å²) in [7, 11) is 0. The molecule has 0 saturated heterocycles. The van der Waals surface area contributed by atoms with Gasteiger partial charge in [-0.1, -0.05) is 11.6 Å². The zero-order valence-electron chi connectivity index (χ0n) is 10.3. The third-order valence-electron chi connectivity index (χ3n) is 3.28. The fourth-order valence-electron chi connectivity index (χ4n) is 2.34. The number of carbonyl (C=O) groups excluding carboxylic acids is 1. The second-order valence-corrected chi connectivity index (χ2v) is 4.99. The first-order valence-corrected chi connectivity index (χ1v) is 6.31. The van der Waals surface area contributed by atoms with Crippen LogP contribution in [0.2, 0.25) is 5.02 Å². The molecule has 0 aliphatic carbocycles. The van der Waals surface area contributed by atoms with Crippen molar-refractivity contribution in [3.05, 3.63) is 27.8 Å². The van der Waals surface area contributed by atoms with Crippen molar-refractivity contribution in [2.24, 2.45) is 0 Å². The normalized spacial score (nSPS) is 20.0. The summed E-state index contributed by atoms with van der Waals surface area (Å²) in [6.07, 6.45) is -6.12. The van der Waals surface area contributed by atoms with Gasteiger partial charge in [-0.15, -0.1) is 0 Å². The molecule has 0 fully saturated rings. The molecule has 4 nitrogen and oxygen atoms in total. The fraction of sp³-hybridized carbons (Fsp3) is 0.308. The van der Waals surface area contributed by atoms with Gasteiger partial charge in [0, 0.05) is 23.1 Å². The van der Waals surface area contributed by atoms with E-state index < -0.39 is 23.8 Å². The summed E-state index contributed by atoms with van der Waals surface area (Å²) in [4.78, 5) is 10.9. The summed E-state index contributed by atoms with van der Waals surface area (Å²) in [6.45, 7) is 0.359. The van der Waals surface area contributed by atoms with Crippen molar-refractivity contribution in [2.75, 3.05) is 6.61 Å². The number of hydrogen-bond acceptors (Lipinski definition) is 4. The van der Waals surface area contributed by atoms with E-state index in [0.717, 1.165) is 6.08 Å². The van der Waals surface area contributed by atoms with Crippen molar-refractivity contribution in [1.82, 2.24) is 0 Å². The minimum Gasteiger partial charge on any atom is -0.545 e. The zero-order chi connectivity index (χ0) is 15.4. The van der Waals surface area contributed by atoms with Crippen molar-refractivity contribution in [3.8, 4) is 11.5 Å². The highest BCUT2D eigenvalue weighted by Gasteiger charge is 2.47. The molecule has 2 aliphatic rings. The molecule has 0 bridgehead atoms. The minimum absolute atomic E-state index is 0.0411. The number of fused-ring (bicyclic) bond motifs is 2. The van der Waals surface area contributed by atoms with Crippen LogP contribution >= 0.6 is 11.6 Å². The summed E-state index contributed by atoms with van der Waals surface area (Å²) in [5.74, 6) is -1.73. The zero-order valence-corrected chi connectivity index (χ0v) is 11.0. The maximum Gasteiger partial charge on any atom is 0.429 e. The molecule has 2 heterocycles. The van der Waals surface area contributed by atoms with Crippen LogP contribution in [0.1, 0.15) is 11.1 Å². The molecule has 1 aromatic carbocycles. The van der Waals surface area contributed by atoms with Crippen LogP contribution in [-0.2, 0) is 11.2 Å². The van der Waals surface area contributed by atoms with E-state index in [4.69, 9.17) is 21.1 Å². The minimum atomic E-state index is -4.87.